The lowest BCUT2D eigenvalue weighted by molar-refractivity contribution is -0.141. The Bertz CT molecular complexity index is 1120. The molecule has 0 spiro atoms. The third-order valence-corrected chi connectivity index (χ3v) is 5.30. The Morgan fingerprint density at radius 3 is 2.32 bits per heavy atom. The van der Waals surface area contributed by atoms with Crippen molar-refractivity contribution < 1.29 is 9.53 Å². The molecule has 1 atom stereocenters. The van der Waals surface area contributed by atoms with Crippen molar-refractivity contribution in [3.63, 3.8) is 0 Å². The van der Waals surface area contributed by atoms with E-state index in [1.165, 1.54) is 7.11 Å². The van der Waals surface area contributed by atoms with E-state index in [2.05, 4.69) is 15.9 Å². The molecule has 3 nitrogen and oxygen atoms in total. The Morgan fingerprint density at radius 2 is 1.61 bits per heavy atom. The van der Waals surface area contributed by atoms with Crippen LogP contribution in [0.2, 0.25) is 0 Å². The van der Waals surface area contributed by atoms with E-state index in [4.69, 9.17) is 9.72 Å². The van der Waals surface area contributed by atoms with Crippen LogP contribution in [0.25, 0.3) is 22.2 Å². The lowest BCUT2D eigenvalue weighted by atomic mass is 9.88. The van der Waals surface area contributed by atoms with Gasteiger partial charge < -0.3 is 4.74 Å². The zero-order chi connectivity index (χ0) is 19.5. The number of para-hydroxylation sites is 1. The normalized spacial score (nSPS) is 11.9. The molecule has 138 valence electrons. The number of pyridine rings is 1. The van der Waals surface area contributed by atoms with E-state index in [9.17, 15) is 4.79 Å². The highest BCUT2D eigenvalue weighted by Gasteiger charge is 2.26. The molecule has 0 aliphatic carbocycles. The van der Waals surface area contributed by atoms with Crippen LogP contribution >= 0.6 is 15.9 Å². The average molecular weight is 432 g/mol. The molecule has 0 saturated heterocycles. The van der Waals surface area contributed by atoms with Gasteiger partial charge in [0.1, 0.15) is 5.92 Å². The first kappa shape index (κ1) is 18.4. The van der Waals surface area contributed by atoms with Crippen LogP contribution in [0.4, 0.5) is 0 Å². The van der Waals surface area contributed by atoms with Gasteiger partial charge in [-0.3, -0.25) is 4.79 Å². The van der Waals surface area contributed by atoms with E-state index >= 15 is 0 Å². The fraction of sp³-hybridized carbons (Fsp3) is 0.0833. The van der Waals surface area contributed by atoms with Crippen molar-refractivity contribution in [3.8, 4) is 11.3 Å². The van der Waals surface area contributed by atoms with Gasteiger partial charge in [-0.15, -0.1) is 0 Å². The molecule has 0 amide bonds. The summed E-state index contributed by atoms with van der Waals surface area (Å²) in [6.45, 7) is 0. The predicted molar refractivity (Wildman–Crippen MR) is 115 cm³/mol. The minimum absolute atomic E-state index is 0.294. The number of fused-ring (bicyclic) bond motifs is 1. The molecule has 4 aromatic rings. The van der Waals surface area contributed by atoms with Gasteiger partial charge >= 0.3 is 5.97 Å². The van der Waals surface area contributed by atoms with Gasteiger partial charge in [-0.2, -0.15) is 0 Å². The topological polar surface area (TPSA) is 39.2 Å². The molecule has 1 unspecified atom stereocenters. The van der Waals surface area contributed by atoms with Crippen molar-refractivity contribution in [2.45, 2.75) is 5.92 Å². The van der Waals surface area contributed by atoms with Crippen LogP contribution in [0.5, 0.6) is 0 Å². The summed E-state index contributed by atoms with van der Waals surface area (Å²) in [7, 11) is 1.43. The van der Waals surface area contributed by atoms with E-state index in [1.54, 1.807) is 0 Å². The SMILES string of the molecule is COC(=O)C(c1ccc(Br)cc1)c1cc(-c2ccccc2)nc2ccccc12. The minimum atomic E-state index is -0.534. The van der Waals surface area contributed by atoms with Crippen LogP contribution in [-0.4, -0.2) is 18.1 Å². The Morgan fingerprint density at radius 1 is 0.929 bits per heavy atom. The highest BCUT2D eigenvalue weighted by atomic mass is 79.9. The van der Waals surface area contributed by atoms with E-state index < -0.39 is 5.92 Å². The second-order valence-electron chi connectivity index (χ2n) is 6.49. The molecule has 4 rings (SSSR count). The number of benzene rings is 3. The number of nitrogens with zero attached hydrogens (tertiary/aromatic N) is 1. The number of aromatic nitrogens is 1. The molecule has 0 radical (unpaired) electrons. The molecule has 0 fully saturated rings. The van der Waals surface area contributed by atoms with E-state index in [-0.39, 0.29) is 5.97 Å². The second-order valence-corrected chi connectivity index (χ2v) is 7.40. The van der Waals surface area contributed by atoms with Crippen LogP contribution in [0, 0.1) is 0 Å². The van der Waals surface area contributed by atoms with Crippen LogP contribution in [0.3, 0.4) is 0 Å². The van der Waals surface area contributed by atoms with E-state index in [1.807, 2.05) is 84.9 Å². The van der Waals surface area contributed by atoms with Gasteiger partial charge in [-0.1, -0.05) is 76.6 Å². The fourth-order valence-electron chi connectivity index (χ4n) is 3.41. The first-order valence-electron chi connectivity index (χ1n) is 8.96. The predicted octanol–water partition coefficient (Wildman–Crippen LogP) is 5.97. The largest absolute Gasteiger partial charge is 0.468 e. The number of methoxy groups -OCH3 is 1. The van der Waals surface area contributed by atoms with Crippen molar-refractivity contribution in [1.29, 1.82) is 0 Å². The molecule has 1 aromatic heterocycles. The summed E-state index contributed by atoms with van der Waals surface area (Å²) in [6, 6.07) is 27.7. The highest BCUT2D eigenvalue weighted by molar-refractivity contribution is 9.10. The van der Waals surface area contributed by atoms with Gasteiger partial charge in [0.25, 0.3) is 0 Å². The maximum atomic E-state index is 12.8. The molecule has 4 heteroatoms. The van der Waals surface area contributed by atoms with Crippen molar-refractivity contribution in [1.82, 2.24) is 4.98 Å². The third kappa shape index (κ3) is 3.56. The molecule has 1 heterocycles. The summed E-state index contributed by atoms with van der Waals surface area (Å²) in [5.74, 6) is -0.828. The molecular formula is C24H18BrNO2. The van der Waals surface area contributed by atoms with E-state index in [0.29, 0.717) is 0 Å². The number of esters is 1. The number of ether oxygens (including phenoxy) is 1. The Kier molecular flexibility index (Phi) is 5.22. The van der Waals surface area contributed by atoms with E-state index in [0.717, 1.165) is 37.8 Å². The summed E-state index contributed by atoms with van der Waals surface area (Å²) >= 11 is 3.46. The summed E-state index contributed by atoms with van der Waals surface area (Å²) in [5.41, 5.74) is 4.46. The number of rotatable bonds is 4. The average Bonchev–Trinajstić information content (AvgIpc) is 2.75. The van der Waals surface area contributed by atoms with Gasteiger partial charge in [-0.25, -0.2) is 4.98 Å². The molecular weight excluding hydrogens is 414 g/mol. The Balaban J connectivity index is 1.98. The van der Waals surface area contributed by atoms with Crippen LogP contribution in [0.1, 0.15) is 17.0 Å². The maximum Gasteiger partial charge on any atom is 0.317 e. The molecule has 0 saturated carbocycles. The standard InChI is InChI=1S/C24H18BrNO2/c1-28-24(27)23(17-11-13-18(25)14-12-17)20-15-22(16-7-3-2-4-8-16)26-21-10-6-5-9-19(20)21/h2-15,23H,1H3. The zero-order valence-corrected chi connectivity index (χ0v) is 16.9. The summed E-state index contributed by atoms with van der Waals surface area (Å²) in [5, 5.41) is 0.945. The third-order valence-electron chi connectivity index (χ3n) is 4.77. The smallest absolute Gasteiger partial charge is 0.317 e. The number of halogens is 1. The summed E-state index contributed by atoms with van der Waals surface area (Å²) in [6.07, 6.45) is 0. The van der Waals surface area contributed by atoms with Gasteiger partial charge in [0.2, 0.25) is 0 Å². The highest BCUT2D eigenvalue weighted by Crippen LogP contribution is 2.34. The zero-order valence-electron chi connectivity index (χ0n) is 15.3. The number of hydrogen-bond acceptors (Lipinski definition) is 3. The molecule has 0 N–H and O–H groups in total. The van der Waals surface area contributed by atoms with Crippen LogP contribution < -0.4 is 0 Å². The van der Waals surface area contributed by atoms with Gasteiger partial charge in [-0.05, 0) is 35.4 Å². The first-order valence-corrected chi connectivity index (χ1v) is 9.75. The van der Waals surface area contributed by atoms with Crippen molar-refractivity contribution in [3.05, 3.63) is 101 Å². The quantitative estimate of drug-likeness (QED) is 0.373. The van der Waals surface area contributed by atoms with Gasteiger partial charge in [0.15, 0.2) is 0 Å². The number of carbonyl (C=O) groups excluding carboxylic acids is 1. The minimum Gasteiger partial charge on any atom is -0.468 e. The molecule has 0 bridgehead atoms. The Hall–Kier alpha value is -2.98. The fourth-order valence-corrected chi connectivity index (χ4v) is 3.68. The summed E-state index contributed by atoms with van der Waals surface area (Å²) in [4.78, 5) is 17.7. The van der Waals surface area contributed by atoms with Crippen LogP contribution in [-0.2, 0) is 9.53 Å². The molecule has 0 aliphatic heterocycles. The van der Waals surface area contributed by atoms with Crippen molar-refractivity contribution in [2.24, 2.45) is 0 Å². The lowest BCUT2D eigenvalue weighted by Gasteiger charge is -2.19. The van der Waals surface area contributed by atoms with Crippen molar-refractivity contribution >= 4 is 32.8 Å². The molecule has 3 aromatic carbocycles. The molecule has 28 heavy (non-hydrogen) atoms. The number of hydrogen-bond donors (Lipinski definition) is 0. The summed E-state index contributed by atoms with van der Waals surface area (Å²) < 4.78 is 6.14. The monoisotopic (exact) mass is 431 g/mol. The second kappa shape index (κ2) is 7.95. The molecule has 0 aliphatic rings. The maximum absolute atomic E-state index is 12.8. The van der Waals surface area contributed by atoms with Crippen molar-refractivity contribution in [2.75, 3.05) is 7.11 Å². The lowest BCUT2D eigenvalue weighted by Crippen LogP contribution is -2.16. The first-order chi connectivity index (χ1) is 13.7. The Labute approximate surface area is 172 Å². The van der Waals surface area contributed by atoms with Crippen LogP contribution in [0.15, 0.2) is 89.4 Å². The van der Waals surface area contributed by atoms with Gasteiger partial charge in [0.05, 0.1) is 18.3 Å². The number of carbonyl (C=O) groups is 1. The van der Waals surface area contributed by atoms with Gasteiger partial charge in [0, 0.05) is 15.4 Å².